The Morgan fingerprint density at radius 2 is 1.90 bits per heavy atom. The van der Waals surface area contributed by atoms with Gasteiger partial charge in [-0.15, -0.1) is 0 Å². The van der Waals surface area contributed by atoms with Crippen molar-refractivity contribution in [1.29, 1.82) is 0 Å². The molecule has 1 aromatic rings. The Hall–Kier alpha value is -1.71. The van der Waals surface area contributed by atoms with Crippen LogP contribution in [0, 0.1) is 0 Å². The highest BCUT2D eigenvalue weighted by Crippen LogP contribution is 2.18. The van der Waals surface area contributed by atoms with Crippen molar-refractivity contribution >= 4 is 17.8 Å². The highest BCUT2D eigenvalue weighted by Gasteiger charge is 2.17. The number of hydrazine groups is 1. The van der Waals surface area contributed by atoms with Gasteiger partial charge in [0.2, 0.25) is 17.8 Å². The SMILES string of the molecule is COCC(CNc1nc(NN)nc(N2CCCC2)n1)OC. The Balaban J connectivity index is 2.05. The number of hydrogen-bond donors (Lipinski definition) is 3. The van der Waals surface area contributed by atoms with Gasteiger partial charge >= 0.3 is 0 Å². The molecule has 1 atom stereocenters. The number of rotatable bonds is 8. The zero-order valence-corrected chi connectivity index (χ0v) is 12.5. The van der Waals surface area contributed by atoms with Gasteiger partial charge in [-0.3, -0.25) is 5.43 Å². The predicted octanol–water partition coefficient (Wildman–Crippen LogP) is -0.169. The van der Waals surface area contributed by atoms with Crippen molar-refractivity contribution in [2.45, 2.75) is 18.9 Å². The van der Waals surface area contributed by atoms with E-state index in [2.05, 4.69) is 30.6 Å². The molecule has 0 spiro atoms. The number of anilines is 3. The van der Waals surface area contributed by atoms with Gasteiger partial charge in [0.15, 0.2) is 0 Å². The maximum absolute atomic E-state index is 5.42. The van der Waals surface area contributed by atoms with E-state index in [1.807, 2.05) is 0 Å². The van der Waals surface area contributed by atoms with Crippen LogP contribution in [0.1, 0.15) is 12.8 Å². The first-order valence-corrected chi connectivity index (χ1v) is 7.00. The number of nitrogens with zero attached hydrogens (tertiary/aromatic N) is 4. The molecule has 1 aliphatic rings. The second-order valence-electron chi connectivity index (χ2n) is 4.82. The van der Waals surface area contributed by atoms with Crippen molar-refractivity contribution in [1.82, 2.24) is 15.0 Å². The number of hydrogen-bond acceptors (Lipinski definition) is 9. The molecule has 2 heterocycles. The zero-order valence-electron chi connectivity index (χ0n) is 12.5. The molecule has 9 nitrogen and oxygen atoms in total. The fraction of sp³-hybridized carbons (Fsp3) is 0.750. The van der Waals surface area contributed by atoms with E-state index >= 15 is 0 Å². The molecule has 118 valence electrons. The molecule has 1 saturated heterocycles. The Kier molecular flexibility index (Phi) is 5.90. The quantitative estimate of drug-likeness (QED) is 0.445. The molecule has 0 radical (unpaired) electrons. The van der Waals surface area contributed by atoms with Crippen LogP contribution in [0.2, 0.25) is 0 Å². The van der Waals surface area contributed by atoms with E-state index < -0.39 is 0 Å². The smallest absolute Gasteiger partial charge is 0.243 e. The van der Waals surface area contributed by atoms with Gasteiger partial charge in [-0.1, -0.05) is 0 Å². The lowest BCUT2D eigenvalue weighted by Gasteiger charge is -2.18. The standard InChI is InChI=1S/C12H23N7O2/c1-20-8-9(21-2)7-14-10-15-11(18-13)17-12(16-10)19-5-3-4-6-19/h9H,3-8,13H2,1-2H3,(H2,14,15,16,17,18). The predicted molar refractivity (Wildman–Crippen MR) is 80.2 cm³/mol. The molecule has 1 aliphatic heterocycles. The van der Waals surface area contributed by atoms with E-state index in [1.165, 1.54) is 0 Å². The van der Waals surface area contributed by atoms with Gasteiger partial charge in [0.25, 0.3) is 0 Å². The van der Waals surface area contributed by atoms with E-state index in [4.69, 9.17) is 15.3 Å². The second kappa shape index (κ2) is 7.91. The average molecular weight is 297 g/mol. The van der Waals surface area contributed by atoms with Gasteiger partial charge in [0.05, 0.1) is 12.7 Å². The van der Waals surface area contributed by atoms with Crippen LogP contribution < -0.4 is 21.5 Å². The van der Waals surface area contributed by atoms with Crippen molar-refractivity contribution in [3.63, 3.8) is 0 Å². The molecular weight excluding hydrogens is 274 g/mol. The van der Waals surface area contributed by atoms with Gasteiger partial charge < -0.3 is 19.7 Å². The largest absolute Gasteiger partial charge is 0.382 e. The topological polar surface area (TPSA) is 110 Å². The summed E-state index contributed by atoms with van der Waals surface area (Å²) in [6.45, 7) is 2.95. The van der Waals surface area contributed by atoms with E-state index in [9.17, 15) is 0 Å². The third-order valence-electron chi connectivity index (χ3n) is 3.32. The maximum atomic E-state index is 5.42. The highest BCUT2D eigenvalue weighted by molar-refractivity contribution is 5.43. The van der Waals surface area contributed by atoms with Gasteiger partial charge in [-0.05, 0) is 12.8 Å². The summed E-state index contributed by atoms with van der Waals surface area (Å²) in [6.07, 6.45) is 2.23. The molecule has 0 aliphatic carbocycles. The van der Waals surface area contributed by atoms with Crippen LogP contribution in [0.5, 0.6) is 0 Å². The first-order chi connectivity index (χ1) is 10.3. The van der Waals surface area contributed by atoms with Crippen LogP contribution in [0.3, 0.4) is 0 Å². The number of methoxy groups -OCH3 is 2. The van der Waals surface area contributed by atoms with Gasteiger partial charge in [0.1, 0.15) is 0 Å². The monoisotopic (exact) mass is 297 g/mol. The van der Waals surface area contributed by atoms with Crippen molar-refractivity contribution < 1.29 is 9.47 Å². The first-order valence-electron chi connectivity index (χ1n) is 7.00. The lowest BCUT2D eigenvalue weighted by atomic mass is 10.4. The summed E-state index contributed by atoms with van der Waals surface area (Å²) in [4.78, 5) is 15.0. The van der Waals surface area contributed by atoms with Gasteiger partial charge in [-0.25, -0.2) is 5.84 Å². The van der Waals surface area contributed by atoms with Crippen LogP contribution in [0.25, 0.3) is 0 Å². The molecule has 1 fully saturated rings. The minimum atomic E-state index is -0.0729. The van der Waals surface area contributed by atoms with E-state index in [0.717, 1.165) is 25.9 Å². The van der Waals surface area contributed by atoms with Crippen LogP contribution in [-0.2, 0) is 9.47 Å². The normalized spacial score (nSPS) is 16.0. The van der Waals surface area contributed by atoms with Crippen LogP contribution in [0.4, 0.5) is 17.8 Å². The average Bonchev–Trinajstić information content (AvgIpc) is 3.05. The summed E-state index contributed by atoms with van der Waals surface area (Å²) in [6, 6.07) is 0. The molecule has 4 N–H and O–H groups in total. The van der Waals surface area contributed by atoms with Gasteiger partial charge in [0, 0.05) is 33.9 Å². The third kappa shape index (κ3) is 4.38. The minimum Gasteiger partial charge on any atom is -0.382 e. The molecular formula is C12H23N7O2. The number of nitrogen functional groups attached to an aromatic ring is 1. The fourth-order valence-corrected chi connectivity index (χ4v) is 2.17. The minimum absolute atomic E-state index is 0.0729. The number of ether oxygens (including phenoxy) is 2. The number of nitrogens with one attached hydrogen (secondary N) is 2. The summed E-state index contributed by atoms with van der Waals surface area (Å²) in [7, 11) is 3.28. The van der Waals surface area contributed by atoms with Crippen molar-refractivity contribution in [3.8, 4) is 0 Å². The zero-order chi connectivity index (χ0) is 15.1. The summed E-state index contributed by atoms with van der Waals surface area (Å²) in [5, 5.41) is 3.13. The van der Waals surface area contributed by atoms with Crippen LogP contribution in [0.15, 0.2) is 0 Å². The molecule has 1 unspecified atom stereocenters. The van der Waals surface area contributed by atoms with Crippen LogP contribution in [-0.4, -0.2) is 61.5 Å². The highest BCUT2D eigenvalue weighted by atomic mass is 16.5. The molecule has 0 aromatic carbocycles. The Labute approximate surface area is 124 Å². The fourth-order valence-electron chi connectivity index (χ4n) is 2.17. The number of nitrogens with two attached hydrogens (primary N) is 1. The Bertz CT molecular complexity index is 440. The van der Waals surface area contributed by atoms with E-state index in [-0.39, 0.29) is 6.10 Å². The Morgan fingerprint density at radius 1 is 1.19 bits per heavy atom. The first kappa shape index (κ1) is 15.7. The maximum Gasteiger partial charge on any atom is 0.243 e. The molecule has 9 heteroatoms. The lowest BCUT2D eigenvalue weighted by molar-refractivity contribution is 0.0365. The summed E-state index contributed by atoms with van der Waals surface area (Å²) >= 11 is 0. The molecule has 0 bridgehead atoms. The summed E-state index contributed by atoms with van der Waals surface area (Å²) in [5.74, 6) is 6.87. The summed E-state index contributed by atoms with van der Waals surface area (Å²) < 4.78 is 10.4. The third-order valence-corrected chi connectivity index (χ3v) is 3.32. The van der Waals surface area contributed by atoms with Crippen molar-refractivity contribution in [2.24, 2.45) is 5.84 Å². The van der Waals surface area contributed by atoms with Crippen LogP contribution >= 0.6 is 0 Å². The van der Waals surface area contributed by atoms with Crippen molar-refractivity contribution in [3.05, 3.63) is 0 Å². The molecule has 2 rings (SSSR count). The van der Waals surface area contributed by atoms with E-state index in [1.54, 1.807) is 14.2 Å². The molecule has 0 saturated carbocycles. The second-order valence-corrected chi connectivity index (χ2v) is 4.82. The summed E-state index contributed by atoms with van der Waals surface area (Å²) in [5.41, 5.74) is 2.47. The van der Waals surface area contributed by atoms with E-state index in [0.29, 0.717) is 31.0 Å². The van der Waals surface area contributed by atoms with Crippen molar-refractivity contribution in [2.75, 3.05) is 56.1 Å². The van der Waals surface area contributed by atoms with Gasteiger partial charge in [-0.2, -0.15) is 15.0 Å². The molecule has 1 aromatic heterocycles. The Morgan fingerprint density at radius 3 is 2.52 bits per heavy atom. The molecule has 0 amide bonds. The lowest BCUT2D eigenvalue weighted by Crippen LogP contribution is -2.28. The number of aromatic nitrogens is 3. The molecule has 21 heavy (non-hydrogen) atoms.